The molecule has 1 aromatic carbocycles. The highest BCUT2D eigenvalue weighted by Crippen LogP contribution is 2.56. The molecule has 0 spiro atoms. The van der Waals surface area contributed by atoms with Crippen LogP contribution < -0.4 is 17.2 Å². The van der Waals surface area contributed by atoms with Gasteiger partial charge in [0.1, 0.15) is 11.7 Å². The van der Waals surface area contributed by atoms with Crippen molar-refractivity contribution in [3.63, 3.8) is 0 Å². The molecule has 12 nitrogen and oxygen atoms in total. The Labute approximate surface area is 225 Å². The molecule has 39 heavy (non-hydrogen) atoms. The van der Waals surface area contributed by atoms with Crippen molar-refractivity contribution in [2.45, 2.75) is 30.0 Å². The van der Waals surface area contributed by atoms with Gasteiger partial charge in [-0.25, -0.2) is 0 Å². The highest BCUT2D eigenvalue weighted by molar-refractivity contribution is 6.33. The Bertz CT molecular complexity index is 1450. The maximum Gasteiger partial charge on any atom is 0.235 e. The zero-order valence-corrected chi connectivity index (χ0v) is 22.1. The third-order valence-electron chi connectivity index (χ3n) is 8.09. The number of hydrogen-bond acceptors (Lipinski definition) is 11. The van der Waals surface area contributed by atoms with Crippen LogP contribution in [0.3, 0.4) is 0 Å². The monoisotopic (exact) mass is 534 g/mol. The lowest BCUT2D eigenvalue weighted by molar-refractivity contribution is -0.166. The Hall–Kier alpha value is -3.94. The molecule has 12 heteroatoms. The molecule has 3 aliphatic rings. The lowest BCUT2D eigenvalue weighted by atomic mass is 9.42. The van der Waals surface area contributed by atoms with Crippen molar-refractivity contribution in [3.8, 4) is 23.7 Å². The van der Waals surface area contributed by atoms with E-state index in [0.29, 0.717) is 17.7 Å². The summed E-state index contributed by atoms with van der Waals surface area (Å²) in [6.07, 6.45) is -0.631. The van der Waals surface area contributed by atoms with Crippen molar-refractivity contribution in [1.29, 1.82) is 5.26 Å². The van der Waals surface area contributed by atoms with Gasteiger partial charge in [0, 0.05) is 11.1 Å². The van der Waals surface area contributed by atoms with E-state index < -0.39 is 75.6 Å². The first kappa shape index (κ1) is 28.1. The number of nitrogens with zero attached hydrogens (tertiary/aromatic N) is 3. The fourth-order valence-electron chi connectivity index (χ4n) is 6.62. The Morgan fingerprint density at radius 1 is 1.13 bits per heavy atom. The Kier molecular flexibility index (Phi) is 6.53. The largest absolute Gasteiger partial charge is 0.507 e. The van der Waals surface area contributed by atoms with E-state index in [4.69, 9.17) is 17.2 Å². The van der Waals surface area contributed by atoms with E-state index in [2.05, 4.69) is 11.8 Å². The average Bonchev–Trinajstić information content (AvgIpc) is 2.79. The number of ketones is 4. The number of primary amides is 1. The van der Waals surface area contributed by atoms with Crippen LogP contribution >= 0.6 is 0 Å². The second-order valence-corrected chi connectivity index (χ2v) is 11.1. The van der Waals surface area contributed by atoms with Gasteiger partial charge >= 0.3 is 0 Å². The van der Waals surface area contributed by atoms with Gasteiger partial charge < -0.3 is 22.3 Å². The summed E-state index contributed by atoms with van der Waals surface area (Å²) in [5, 5.41) is 21.0. The van der Waals surface area contributed by atoms with E-state index in [1.807, 2.05) is 19.0 Å². The zero-order chi connectivity index (χ0) is 29.2. The van der Waals surface area contributed by atoms with Crippen LogP contribution in [0.2, 0.25) is 0 Å². The molecule has 0 bridgehead atoms. The van der Waals surface area contributed by atoms with E-state index in [-0.39, 0.29) is 12.0 Å². The van der Waals surface area contributed by atoms with Gasteiger partial charge in [-0.1, -0.05) is 11.8 Å². The van der Waals surface area contributed by atoms with Crippen molar-refractivity contribution in [3.05, 3.63) is 28.8 Å². The van der Waals surface area contributed by atoms with Crippen molar-refractivity contribution in [1.82, 2.24) is 9.80 Å². The molecular weight excluding hydrogens is 504 g/mol. The standard InChI is InChI=1S/C27H30N6O6/c1-32(2)9-5-6-13-7-8-15(34)16-14(13)10-25(30)11-27(31)21(33(3)4)20(36)17(24(29)39)22(37)26(27,12-28)23(38)18(25)19(16)35/h7-8,17-18,21,34H,9-11,30-31H2,1-4H3,(H2,29,39)/t17?,18?,21-,25-,26+,27-/m1/s1. The fourth-order valence-corrected chi connectivity index (χ4v) is 6.62. The predicted octanol–water partition coefficient (Wildman–Crippen LogP) is -2.28. The van der Waals surface area contributed by atoms with Crippen molar-refractivity contribution in [2.75, 3.05) is 34.7 Å². The van der Waals surface area contributed by atoms with Gasteiger partial charge in [0.15, 0.2) is 34.5 Å². The molecule has 2 fully saturated rings. The molecule has 2 saturated carbocycles. The van der Waals surface area contributed by atoms with E-state index >= 15 is 0 Å². The van der Waals surface area contributed by atoms with Crippen LogP contribution in [0.4, 0.5) is 0 Å². The zero-order valence-electron chi connectivity index (χ0n) is 22.1. The van der Waals surface area contributed by atoms with Crippen molar-refractivity contribution < 1.29 is 29.1 Å². The lowest BCUT2D eigenvalue weighted by Crippen LogP contribution is -2.85. The summed E-state index contributed by atoms with van der Waals surface area (Å²) in [4.78, 5) is 70.7. The minimum absolute atomic E-state index is 0.160. The number of nitriles is 1. The Morgan fingerprint density at radius 3 is 2.31 bits per heavy atom. The third-order valence-corrected chi connectivity index (χ3v) is 8.09. The number of phenols is 1. The number of hydrogen-bond donors (Lipinski definition) is 4. The number of nitrogens with two attached hydrogens (primary N) is 3. The van der Waals surface area contributed by atoms with E-state index in [0.717, 1.165) is 0 Å². The number of benzene rings is 1. The quantitative estimate of drug-likeness (QED) is 0.239. The summed E-state index contributed by atoms with van der Waals surface area (Å²) in [7, 11) is 6.56. The van der Waals surface area contributed by atoms with Crippen molar-refractivity contribution in [2.24, 2.45) is 34.5 Å². The molecule has 1 amide bonds. The molecular formula is C27H30N6O6. The van der Waals surface area contributed by atoms with E-state index in [1.165, 1.54) is 31.1 Å². The minimum Gasteiger partial charge on any atom is -0.507 e. The molecule has 6 atom stereocenters. The van der Waals surface area contributed by atoms with Crippen LogP contribution in [0.15, 0.2) is 12.1 Å². The Morgan fingerprint density at radius 2 is 1.77 bits per heavy atom. The van der Waals surface area contributed by atoms with Gasteiger partial charge in [0.2, 0.25) is 5.91 Å². The van der Waals surface area contributed by atoms with Crippen LogP contribution in [-0.4, -0.2) is 95.8 Å². The van der Waals surface area contributed by atoms with Gasteiger partial charge in [0.05, 0.1) is 29.8 Å². The first-order valence-corrected chi connectivity index (χ1v) is 12.2. The van der Waals surface area contributed by atoms with Crippen LogP contribution in [-0.2, 0) is 25.6 Å². The maximum absolute atomic E-state index is 14.3. The number of amides is 1. The number of carbonyl (C=O) groups is 5. The van der Waals surface area contributed by atoms with E-state index in [1.54, 1.807) is 6.07 Å². The van der Waals surface area contributed by atoms with Gasteiger partial charge in [0.25, 0.3) is 0 Å². The van der Waals surface area contributed by atoms with Gasteiger partial charge in [-0.15, -0.1) is 0 Å². The second-order valence-electron chi connectivity index (χ2n) is 11.1. The van der Waals surface area contributed by atoms with E-state index in [9.17, 15) is 34.3 Å². The number of phenolic OH excluding ortho intramolecular Hbond substituents is 1. The molecule has 4 rings (SSSR count). The van der Waals surface area contributed by atoms with Crippen LogP contribution in [0.5, 0.6) is 5.75 Å². The molecule has 2 unspecified atom stereocenters. The summed E-state index contributed by atoms with van der Waals surface area (Å²) < 4.78 is 0. The summed E-state index contributed by atoms with van der Waals surface area (Å²) in [6.45, 7) is 0.408. The molecule has 0 radical (unpaired) electrons. The van der Waals surface area contributed by atoms with Gasteiger partial charge in [-0.2, -0.15) is 5.26 Å². The fraction of sp³-hybridized carbons (Fsp3) is 0.481. The number of fused-ring (bicyclic) bond motifs is 3. The normalized spacial score (nSPS) is 33.6. The number of Topliss-reactive ketones (excluding diaryl/α,β-unsaturated/α-hetero) is 4. The topological polar surface area (TPSA) is 214 Å². The molecule has 0 heterocycles. The first-order chi connectivity index (χ1) is 18.1. The van der Waals surface area contributed by atoms with Crippen LogP contribution in [0, 0.1) is 40.4 Å². The third kappa shape index (κ3) is 3.64. The molecule has 0 aromatic heterocycles. The molecule has 3 aliphatic carbocycles. The summed E-state index contributed by atoms with van der Waals surface area (Å²) in [5.74, 6) is -4.09. The minimum atomic E-state index is -2.77. The first-order valence-electron chi connectivity index (χ1n) is 12.2. The molecule has 0 aliphatic heterocycles. The second kappa shape index (κ2) is 9.07. The average molecular weight is 535 g/mol. The lowest BCUT2D eigenvalue weighted by Gasteiger charge is -2.60. The highest BCUT2D eigenvalue weighted by atomic mass is 16.3. The smallest absolute Gasteiger partial charge is 0.235 e. The van der Waals surface area contributed by atoms with Gasteiger partial charge in [-0.05, 0) is 58.7 Å². The van der Waals surface area contributed by atoms with Crippen molar-refractivity contribution >= 4 is 29.0 Å². The number of likely N-dealkylation sites (N-methyl/N-ethyl adjacent to an activating group) is 1. The molecule has 1 aromatic rings. The van der Waals surface area contributed by atoms with Crippen LogP contribution in [0.1, 0.15) is 27.9 Å². The highest BCUT2D eigenvalue weighted by Gasteiger charge is 2.78. The predicted molar refractivity (Wildman–Crippen MR) is 137 cm³/mol. The number of carbonyl (C=O) groups excluding carboxylic acids is 5. The SMILES string of the molecule is CN(C)CC#Cc1ccc(O)c2c1C[C@@]1(N)C[C@@]3(N)[C@H](N(C)C)C(=O)C(C(N)=O)C(=O)[C@@]3(C#N)C(=O)C1C2=O. The molecule has 7 N–H and O–H groups in total. The van der Waals surface area contributed by atoms with Gasteiger partial charge in [-0.3, -0.25) is 33.8 Å². The molecule has 204 valence electrons. The molecule has 0 saturated heterocycles. The van der Waals surface area contributed by atoms with Crippen LogP contribution in [0.25, 0.3) is 0 Å². The summed E-state index contributed by atoms with van der Waals surface area (Å²) >= 11 is 0. The Balaban J connectivity index is 1.99. The number of rotatable bonds is 3. The number of aromatic hydroxyl groups is 1. The summed E-state index contributed by atoms with van der Waals surface area (Å²) in [5.41, 5.74) is 12.8. The summed E-state index contributed by atoms with van der Waals surface area (Å²) in [6, 6.07) is 3.03. The maximum atomic E-state index is 14.3.